The zero-order valence-corrected chi connectivity index (χ0v) is 8.78. The molecule has 0 aromatic rings. The number of hydrogen-bond acceptors (Lipinski definition) is 3. The van der Waals surface area contributed by atoms with E-state index in [9.17, 15) is 14.4 Å². The van der Waals surface area contributed by atoms with Gasteiger partial charge in [-0.25, -0.2) is 4.79 Å². The Kier molecular flexibility index (Phi) is 4.56. The smallest absolute Gasteiger partial charge is 0.322 e. The maximum atomic E-state index is 11.1. The maximum absolute atomic E-state index is 11.1. The van der Waals surface area contributed by atoms with Crippen LogP contribution in [0.25, 0.3) is 0 Å². The molecule has 0 aromatic carbocycles. The van der Waals surface area contributed by atoms with Crippen LogP contribution in [-0.2, 0) is 9.59 Å². The molecule has 0 atom stereocenters. The van der Waals surface area contributed by atoms with Crippen molar-refractivity contribution in [2.75, 3.05) is 19.6 Å². The van der Waals surface area contributed by atoms with Gasteiger partial charge in [-0.1, -0.05) is 0 Å². The molecule has 1 aliphatic rings. The van der Waals surface area contributed by atoms with Crippen LogP contribution in [0, 0.1) is 5.92 Å². The molecule has 0 bridgehead atoms. The first-order valence-electron chi connectivity index (χ1n) is 5.08. The van der Waals surface area contributed by atoms with Gasteiger partial charge in [0.25, 0.3) is 0 Å². The predicted octanol–water partition coefficient (Wildman–Crippen LogP) is -1.10. The zero-order valence-electron chi connectivity index (χ0n) is 8.78. The highest BCUT2D eigenvalue weighted by molar-refractivity contribution is 5.86. The number of carbonyl (C=O) groups excluding carboxylic acids is 2. The highest BCUT2D eigenvalue weighted by atomic mass is 16.4. The minimum atomic E-state index is -1.12. The number of hydrogen-bond donors (Lipinski definition) is 4. The third kappa shape index (κ3) is 5.84. The van der Waals surface area contributed by atoms with E-state index in [1.165, 1.54) is 0 Å². The van der Waals surface area contributed by atoms with Crippen molar-refractivity contribution in [2.45, 2.75) is 12.8 Å². The van der Waals surface area contributed by atoms with Crippen LogP contribution in [0.3, 0.4) is 0 Å². The number of aliphatic carboxylic acids is 1. The van der Waals surface area contributed by atoms with E-state index in [1.54, 1.807) is 0 Å². The Morgan fingerprint density at radius 2 is 1.75 bits per heavy atom. The number of urea groups is 1. The van der Waals surface area contributed by atoms with Crippen LogP contribution in [-0.4, -0.2) is 42.6 Å². The summed E-state index contributed by atoms with van der Waals surface area (Å²) in [6.07, 6.45) is 2.28. The van der Waals surface area contributed by atoms with Gasteiger partial charge in [0.2, 0.25) is 5.91 Å². The van der Waals surface area contributed by atoms with Crippen LogP contribution < -0.4 is 16.0 Å². The average Bonchev–Trinajstić information content (AvgIpc) is 3.04. The summed E-state index contributed by atoms with van der Waals surface area (Å²) in [5, 5.41) is 15.4. The standard InChI is InChI=1S/C9H15N3O4/c13-7(10-5-8(14)15)4-12-9(16)11-3-6-1-2-6/h6H,1-5H2,(H,10,13)(H,14,15)(H2,11,12,16). The maximum Gasteiger partial charge on any atom is 0.322 e. The van der Waals surface area contributed by atoms with E-state index in [1.807, 2.05) is 0 Å². The highest BCUT2D eigenvalue weighted by Gasteiger charge is 2.21. The first-order valence-corrected chi connectivity index (χ1v) is 5.08. The summed E-state index contributed by atoms with van der Waals surface area (Å²) in [6, 6.07) is -0.405. The van der Waals surface area contributed by atoms with Crippen molar-refractivity contribution in [3.05, 3.63) is 0 Å². The minimum absolute atomic E-state index is 0.218. The lowest BCUT2D eigenvalue weighted by Gasteiger charge is -2.06. The van der Waals surface area contributed by atoms with Crippen LogP contribution in [0.1, 0.15) is 12.8 Å². The second kappa shape index (κ2) is 5.94. The number of amides is 3. The summed E-state index contributed by atoms with van der Waals surface area (Å²) in [6.45, 7) is -0.0312. The number of nitrogens with one attached hydrogen (secondary N) is 3. The lowest BCUT2D eigenvalue weighted by Crippen LogP contribution is -2.43. The first-order chi connectivity index (χ1) is 7.58. The van der Waals surface area contributed by atoms with Gasteiger partial charge in [0, 0.05) is 6.54 Å². The number of rotatable bonds is 6. The van der Waals surface area contributed by atoms with Gasteiger partial charge in [-0.2, -0.15) is 0 Å². The molecule has 4 N–H and O–H groups in total. The lowest BCUT2D eigenvalue weighted by atomic mass is 10.4. The second-order valence-corrected chi connectivity index (χ2v) is 3.68. The molecule has 90 valence electrons. The molecule has 1 aliphatic carbocycles. The molecule has 1 saturated carbocycles. The quantitative estimate of drug-likeness (QED) is 0.463. The van der Waals surface area contributed by atoms with Crippen molar-refractivity contribution in [1.29, 1.82) is 0 Å². The Balaban J connectivity index is 2.00. The van der Waals surface area contributed by atoms with Crippen molar-refractivity contribution in [3.63, 3.8) is 0 Å². The predicted molar refractivity (Wildman–Crippen MR) is 54.8 cm³/mol. The monoisotopic (exact) mass is 229 g/mol. The number of carbonyl (C=O) groups is 3. The molecule has 16 heavy (non-hydrogen) atoms. The number of carboxylic acids is 1. The van der Waals surface area contributed by atoms with E-state index in [0.717, 1.165) is 12.8 Å². The zero-order chi connectivity index (χ0) is 12.0. The van der Waals surface area contributed by atoms with E-state index >= 15 is 0 Å². The third-order valence-corrected chi connectivity index (χ3v) is 2.09. The molecule has 0 aliphatic heterocycles. The van der Waals surface area contributed by atoms with Gasteiger partial charge in [0.1, 0.15) is 6.54 Å². The molecule has 3 amide bonds. The van der Waals surface area contributed by atoms with E-state index in [-0.39, 0.29) is 6.54 Å². The van der Waals surface area contributed by atoms with Crippen LogP contribution in [0.15, 0.2) is 0 Å². The minimum Gasteiger partial charge on any atom is -0.480 e. The molecule has 7 nitrogen and oxygen atoms in total. The Morgan fingerprint density at radius 1 is 1.06 bits per heavy atom. The van der Waals surface area contributed by atoms with Crippen molar-refractivity contribution < 1.29 is 19.5 Å². The van der Waals surface area contributed by atoms with E-state index < -0.39 is 24.5 Å². The fourth-order valence-corrected chi connectivity index (χ4v) is 1.02. The second-order valence-electron chi connectivity index (χ2n) is 3.68. The third-order valence-electron chi connectivity index (χ3n) is 2.09. The van der Waals surface area contributed by atoms with Gasteiger partial charge in [0.15, 0.2) is 0 Å². The average molecular weight is 229 g/mol. The van der Waals surface area contributed by atoms with Gasteiger partial charge >= 0.3 is 12.0 Å². The normalized spacial score (nSPS) is 14.0. The van der Waals surface area contributed by atoms with E-state index in [4.69, 9.17) is 5.11 Å². The molecule has 0 saturated heterocycles. The van der Waals surface area contributed by atoms with E-state index in [0.29, 0.717) is 12.5 Å². The van der Waals surface area contributed by atoms with Crippen molar-refractivity contribution in [1.82, 2.24) is 16.0 Å². The van der Waals surface area contributed by atoms with Gasteiger partial charge in [-0.05, 0) is 18.8 Å². The topological polar surface area (TPSA) is 108 Å². The molecule has 1 rings (SSSR count). The van der Waals surface area contributed by atoms with E-state index in [2.05, 4.69) is 16.0 Å². The molecule has 7 heteroatoms. The summed E-state index contributed by atoms with van der Waals surface area (Å²) in [4.78, 5) is 32.2. The summed E-state index contributed by atoms with van der Waals surface area (Å²) in [5.74, 6) is -1.07. The Labute approximate surface area is 92.6 Å². The molecule has 0 spiro atoms. The Hall–Kier alpha value is -1.79. The van der Waals surface area contributed by atoms with Crippen molar-refractivity contribution in [2.24, 2.45) is 5.92 Å². The molecule has 0 unspecified atom stereocenters. The molecule has 0 aromatic heterocycles. The fraction of sp³-hybridized carbons (Fsp3) is 0.667. The van der Waals surface area contributed by atoms with Gasteiger partial charge in [-0.3, -0.25) is 9.59 Å². The fourth-order valence-electron chi connectivity index (χ4n) is 1.02. The SMILES string of the molecule is O=C(O)CNC(=O)CNC(=O)NCC1CC1. The summed E-state index contributed by atoms with van der Waals surface area (Å²) < 4.78 is 0. The molecule has 0 heterocycles. The molecule has 1 fully saturated rings. The van der Waals surface area contributed by atoms with Gasteiger partial charge in [-0.15, -0.1) is 0 Å². The van der Waals surface area contributed by atoms with Crippen LogP contribution in [0.5, 0.6) is 0 Å². The number of carboxylic acid groups (broad SMARTS) is 1. The molecule has 0 radical (unpaired) electrons. The van der Waals surface area contributed by atoms with Crippen LogP contribution in [0.4, 0.5) is 4.79 Å². The van der Waals surface area contributed by atoms with Crippen LogP contribution >= 0.6 is 0 Å². The van der Waals surface area contributed by atoms with Gasteiger partial charge in [0.05, 0.1) is 6.54 Å². The van der Waals surface area contributed by atoms with Crippen molar-refractivity contribution in [3.8, 4) is 0 Å². The van der Waals surface area contributed by atoms with Crippen molar-refractivity contribution >= 4 is 17.9 Å². The highest BCUT2D eigenvalue weighted by Crippen LogP contribution is 2.27. The largest absolute Gasteiger partial charge is 0.480 e. The first kappa shape index (κ1) is 12.3. The summed E-state index contributed by atoms with van der Waals surface area (Å²) >= 11 is 0. The summed E-state index contributed by atoms with van der Waals surface area (Å²) in [5.41, 5.74) is 0. The molecular formula is C9H15N3O4. The van der Waals surface area contributed by atoms with Gasteiger partial charge < -0.3 is 21.1 Å². The van der Waals surface area contributed by atoms with Crippen LogP contribution in [0.2, 0.25) is 0 Å². The lowest BCUT2D eigenvalue weighted by molar-refractivity contribution is -0.137. The Bertz CT molecular complexity index is 288. The summed E-state index contributed by atoms with van der Waals surface area (Å²) in [7, 11) is 0. The Morgan fingerprint density at radius 3 is 2.31 bits per heavy atom. The molecular weight excluding hydrogens is 214 g/mol.